The lowest BCUT2D eigenvalue weighted by molar-refractivity contribution is -0.151. The fourth-order valence-electron chi connectivity index (χ4n) is 3.61. The van der Waals surface area contributed by atoms with Crippen LogP contribution in [-0.4, -0.2) is 39.8 Å². The van der Waals surface area contributed by atoms with Gasteiger partial charge >= 0.3 is 17.3 Å². The number of benzene rings is 2. The molecule has 0 aliphatic heterocycles. The Kier molecular flexibility index (Phi) is 9.78. The molecule has 0 unspecified atom stereocenters. The first-order chi connectivity index (χ1) is 19.0. The van der Waals surface area contributed by atoms with Gasteiger partial charge in [0.15, 0.2) is 0 Å². The van der Waals surface area contributed by atoms with E-state index < -0.39 is 22.8 Å². The van der Waals surface area contributed by atoms with E-state index in [1.807, 2.05) is 0 Å². The molecule has 1 heterocycles. The van der Waals surface area contributed by atoms with E-state index in [-0.39, 0.29) is 19.0 Å². The van der Waals surface area contributed by atoms with Gasteiger partial charge in [0.05, 0.1) is 19.1 Å². The van der Waals surface area contributed by atoms with Gasteiger partial charge in [-0.25, -0.2) is 19.1 Å². The van der Waals surface area contributed by atoms with Gasteiger partial charge in [-0.1, -0.05) is 23.7 Å². The fourth-order valence-corrected chi connectivity index (χ4v) is 3.73. The minimum Gasteiger partial charge on any atom is -0.469 e. The van der Waals surface area contributed by atoms with Gasteiger partial charge in [-0.3, -0.25) is 9.36 Å². The van der Waals surface area contributed by atoms with Crippen molar-refractivity contribution in [2.45, 2.75) is 40.8 Å². The lowest BCUT2D eigenvalue weighted by Crippen LogP contribution is -2.46. The average molecular weight is 567 g/mol. The maximum absolute atomic E-state index is 13.6. The molecule has 0 radical (unpaired) electrons. The van der Waals surface area contributed by atoms with Crippen molar-refractivity contribution >= 4 is 41.8 Å². The standard InChI is InChI=1S/C28H31ClN6O5/c1-7-23(31-18(2)30-5)40-22-14-12-21(13-15-22)32-25-33-26(37)35(17-28(3,4)24(36)39-6)27(38)34(25)16-19-8-10-20(29)11-9-19/h7-15H,5,16-17H2,1-4,6H3,(H,32,33,37)/b23-7+,31-18?. The number of aliphatic imine (C=N–C) groups is 2. The molecule has 0 fully saturated rings. The Morgan fingerprint density at radius 1 is 1.12 bits per heavy atom. The summed E-state index contributed by atoms with van der Waals surface area (Å²) in [5.41, 5.74) is -1.29. The quantitative estimate of drug-likeness (QED) is 0.166. The number of methoxy groups -OCH3 is 1. The van der Waals surface area contributed by atoms with E-state index in [9.17, 15) is 14.4 Å². The molecule has 2 aromatic carbocycles. The highest BCUT2D eigenvalue weighted by atomic mass is 35.5. The molecule has 40 heavy (non-hydrogen) atoms. The number of amidine groups is 1. The second kappa shape index (κ2) is 13.0. The summed E-state index contributed by atoms with van der Waals surface area (Å²) >= 11 is 6.02. The smallest absolute Gasteiger partial charge is 0.354 e. The number of carbonyl (C=O) groups excluding carboxylic acids is 1. The van der Waals surface area contributed by atoms with Crippen LogP contribution < -0.4 is 21.4 Å². The maximum Gasteiger partial charge on any atom is 0.354 e. The first-order valence-corrected chi connectivity index (χ1v) is 12.6. The predicted octanol–water partition coefficient (Wildman–Crippen LogP) is 4.41. The van der Waals surface area contributed by atoms with Crippen molar-refractivity contribution in [2.75, 3.05) is 12.4 Å². The second-order valence-corrected chi connectivity index (χ2v) is 9.81. The second-order valence-electron chi connectivity index (χ2n) is 9.37. The van der Waals surface area contributed by atoms with Crippen LogP contribution in [-0.2, 0) is 22.6 Å². The number of allylic oxidation sites excluding steroid dienone is 1. The van der Waals surface area contributed by atoms with Gasteiger partial charge in [-0.05, 0) is 82.5 Å². The molecule has 1 N–H and O–H groups in total. The van der Waals surface area contributed by atoms with Gasteiger partial charge in [-0.2, -0.15) is 9.98 Å². The SMILES string of the molecule is C=NC(C)=N/C(=C\C)Oc1ccc(Nc2nc(=O)n(CC(C)(C)C(=O)OC)c(=O)n2Cc2ccc(Cl)cc2)cc1. The molecule has 11 nitrogen and oxygen atoms in total. The number of anilines is 2. The van der Waals surface area contributed by atoms with E-state index in [2.05, 4.69) is 27.0 Å². The zero-order valence-corrected chi connectivity index (χ0v) is 23.7. The highest BCUT2D eigenvalue weighted by Gasteiger charge is 2.31. The van der Waals surface area contributed by atoms with Crippen LogP contribution in [0.25, 0.3) is 0 Å². The highest BCUT2D eigenvalue weighted by molar-refractivity contribution is 6.30. The molecule has 0 atom stereocenters. The molecule has 12 heteroatoms. The summed E-state index contributed by atoms with van der Waals surface area (Å²) in [7, 11) is 1.25. The van der Waals surface area contributed by atoms with E-state index in [1.165, 1.54) is 11.7 Å². The molecular formula is C28H31ClN6O5. The van der Waals surface area contributed by atoms with Crippen molar-refractivity contribution in [1.82, 2.24) is 14.1 Å². The number of aromatic nitrogens is 3. The molecule has 0 aliphatic carbocycles. The number of carbonyl (C=O) groups is 1. The van der Waals surface area contributed by atoms with Crippen LogP contribution in [0.1, 0.15) is 33.3 Å². The highest BCUT2D eigenvalue weighted by Crippen LogP contribution is 2.22. The van der Waals surface area contributed by atoms with Crippen LogP contribution in [0.5, 0.6) is 5.75 Å². The van der Waals surface area contributed by atoms with E-state index in [4.69, 9.17) is 21.1 Å². The summed E-state index contributed by atoms with van der Waals surface area (Å²) < 4.78 is 12.8. The molecule has 3 aromatic rings. The van der Waals surface area contributed by atoms with Crippen molar-refractivity contribution in [1.29, 1.82) is 0 Å². The lowest BCUT2D eigenvalue weighted by atomic mass is 9.94. The summed E-state index contributed by atoms with van der Waals surface area (Å²) in [4.78, 5) is 50.9. The number of hydrogen-bond acceptors (Lipinski definition) is 8. The third-order valence-corrected chi connectivity index (χ3v) is 6.03. The number of hydrogen-bond donors (Lipinski definition) is 1. The van der Waals surface area contributed by atoms with Crippen molar-refractivity contribution in [3.05, 3.63) is 92.0 Å². The van der Waals surface area contributed by atoms with Crippen molar-refractivity contribution in [3.8, 4) is 5.75 Å². The first-order valence-electron chi connectivity index (χ1n) is 12.2. The van der Waals surface area contributed by atoms with Crippen LogP contribution in [0.2, 0.25) is 5.02 Å². The Balaban J connectivity index is 1.99. The predicted molar refractivity (Wildman–Crippen MR) is 156 cm³/mol. The van der Waals surface area contributed by atoms with Gasteiger partial charge in [-0.15, -0.1) is 0 Å². The van der Waals surface area contributed by atoms with Gasteiger partial charge < -0.3 is 14.8 Å². The Morgan fingerprint density at radius 3 is 2.35 bits per heavy atom. The normalized spacial score (nSPS) is 12.2. The van der Waals surface area contributed by atoms with Gasteiger partial charge in [0.1, 0.15) is 11.6 Å². The van der Waals surface area contributed by atoms with Crippen molar-refractivity contribution in [2.24, 2.45) is 15.4 Å². The molecule has 0 aliphatic rings. The summed E-state index contributed by atoms with van der Waals surface area (Å²) in [6.45, 7) is 9.97. The number of nitrogens with one attached hydrogen (secondary N) is 1. The number of esters is 1. The number of halogens is 1. The van der Waals surface area contributed by atoms with E-state index >= 15 is 0 Å². The monoisotopic (exact) mass is 566 g/mol. The van der Waals surface area contributed by atoms with Crippen molar-refractivity contribution in [3.63, 3.8) is 0 Å². The van der Waals surface area contributed by atoms with Crippen LogP contribution in [0.3, 0.4) is 0 Å². The maximum atomic E-state index is 13.6. The van der Waals surface area contributed by atoms with E-state index in [0.29, 0.717) is 28.2 Å². The van der Waals surface area contributed by atoms with Crippen LogP contribution in [0.4, 0.5) is 11.6 Å². The summed E-state index contributed by atoms with van der Waals surface area (Å²) in [5.74, 6) is 0.780. The molecule has 1 aromatic heterocycles. The molecule has 0 bridgehead atoms. The minimum atomic E-state index is -1.14. The third-order valence-electron chi connectivity index (χ3n) is 5.78. The summed E-state index contributed by atoms with van der Waals surface area (Å²) in [5, 5.41) is 3.59. The van der Waals surface area contributed by atoms with E-state index in [1.54, 1.807) is 82.3 Å². The molecule has 0 amide bonds. The van der Waals surface area contributed by atoms with Gasteiger partial charge in [0.2, 0.25) is 11.8 Å². The minimum absolute atomic E-state index is 0.0252. The van der Waals surface area contributed by atoms with Crippen LogP contribution >= 0.6 is 11.6 Å². The fraction of sp³-hybridized carbons (Fsp3) is 0.286. The molecule has 3 rings (SSSR count). The van der Waals surface area contributed by atoms with E-state index in [0.717, 1.165) is 10.1 Å². The molecule has 210 valence electrons. The molecule has 0 saturated carbocycles. The summed E-state index contributed by atoms with van der Waals surface area (Å²) in [6.07, 6.45) is 1.69. The lowest BCUT2D eigenvalue weighted by Gasteiger charge is -2.23. The molecular weight excluding hydrogens is 536 g/mol. The van der Waals surface area contributed by atoms with Gasteiger partial charge in [0.25, 0.3) is 0 Å². The van der Waals surface area contributed by atoms with Crippen LogP contribution in [0.15, 0.2) is 80.1 Å². The van der Waals surface area contributed by atoms with Gasteiger partial charge in [0, 0.05) is 17.3 Å². The third kappa shape index (κ3) is 7.54. The Labute approximate surface area is 236 Å². The first kappa shape index (κ1) is 30.0. The average Bonchev–Trinajstić information content (AvgIpc) is 2.94. The number of nitrogens with zero attached hydrogens (tertiary/aromatic N) is 5. The topological polar surface area (TPSA) is 129 Å². The number of rotatable bonds is 10. The summed E-state index contributed by atoms with van der Waals surface area (Å²) in [6, 6.07) is 13.7. The Hall–Kier alpha value is -4.51. The van der Waals surface area contributed by atoms with Crippen LogP contribution in [0, 0.1) is 5.41 Å². The molecule has 0 spiro atoms. The Bertz CT molecular complexity index is 1550. The zero-order valence-electron chi connectivity index (χ0n) is 23.0. The van der Waals surface area contributed by atoms with Crippen molar-refractivity contribution < 1.29 is 14.3 Å². The Morgan fingerprint density at radius 2 is 1.77 bits per heavy atom. The number of ether oxygens (including phenoxy) is 2. The largest absolute Gasteiger partial charge is 0.469 e. The molecule has 0 saturated heterocycles. The zero-order chi connectivity index (χ0) is 29.4.